The van der Waals surface area contributed by atoms with Gasteiger partial charge in [0.05, 0.1) is 11.0 Å². The summed E-state index contributed by atoms with van der Waals surface area (Å²) in [4.78, 5) is 0. The van der Waals surface area contributed by atoms with Crippen LogP contribution in [0.25, 0.3) is 27.5 Å². The summed E-state index contributed by atoms with van der Waals surface area (Å²) in [5, 5.41) is 2.79. The third-order valence-electron chi connectivity index (χ3n) is 16.0. The molecule has 1 heterocycles. The molecule has 0 N–H and O–H groups in total. The van der Waals surface area contributed by atoms with Crippen LogP contribution < -0.4 is 0 Å². The Hall–Kier alpha value is -1.58. The second kappa shape index (κ2) is 9.25. The summed E-state index contributed by atoms with van der Waals surface area (Å²) in [5.41, 5.74) is 13.3. The monoisotopic (exact) mass is 765 g/mol. The van der Waals surface area contributed by atoms with E-state index in [1.54, 1.807) is 5.56 Å². The summed E-state index contributed by atoms with van der Waals surface area (Å²) in [6.45, 7) is 19.7. The highest BCUT2D eigenvalue weighted by molar-refractivity contribution is 9.11. The molecule has 10 rings (SSSR count). The minimum absolute atomic E-state index is 0.113. The van der Waals surface area contributed by atoms with Crippen LogP contribution >= 0.6 is 31.9 Å². The van der Waals surface area contributed by atoms with Crippen molar-refractivity contribution in [2.45, 2.75) is 147 Å². The zero-order chi connectivity index (χ0) is 33.6. The number of hydrogen-bond acceptors (Lipinski definition) is 0. The first-order chi connectivity index (χ1) is 22.5. The maximum absolute atomic E-state index is 4.37. The molecule has 6 aliphatic rings. The minimum atomic E-state index is 0.113. The summed E-state index contributed by atoms with van der Waals surface area (Å²) in [7, 11) is 0. The number of benzene rings is 3. The maximum atomic E-state index is 4.37. The van der Waals surface area contributed by atoms with Crippen LogP contribution in [0.4, 0.5) is 0 Å². The van der Waals surface area contributed by atoms with Crippen LogP contribution in [0.2, 0.25) is 0 Å². The van der Waals surface area contributed by atoms with Gasteiger partial charge in [0, 0.05) is 30.8 Å². The molecule has 4 saturated carbocycles. The smallest absolute Gasteiger partial charge is 0.0686 e. The van der Waals surface area contributed by atoms with Gasteiger partial charge in [0.25, 0.3) is 0 Å². The second-order valence-electron chi connectivity index (χ2n) is 20.4. The van der Waals surface area contributed by atoms with Crippen LogP contribution in [-0.4, -0.2) is 4.57 Å². The lowest BCUT2D eigenvalue weighted by Gasteiger charge is -2.59. The number of rotatable bonds is 2. The highest BCUT2D eigenvalue weighted by Gasteiger charge is 2.74. The fraction of sp³-hybridized carbons (Fsp3) is 0.600. The molecule has 1 spiro atoms. The van der Waals surface area contributed by atoms with E-state index in [0.29, 0.717) is 10.8 Å². The number of fused-ring (bicyclic) bond motifs is 7. The van der Waals surface area contributed by atoms with Crippen molar-refractivity contribution in [3.63, 3.8) is 0 Å². The van der Waals surface area contributed by atoms with Gasteiger partial charge in [-0.25, -0.2) is 0 Å². The molecule has 0 amide bonds. The van der Waals surface area contributed by atoms with Crippen molar-refractivity contribution < 1.29 is 0 Å². The van der Waals surface area contributed by atoms with E-state index in [4.69, 9.17) is 0 Å². The summed E-state index contributed by atoms with van der Waals surface area (Å²) in [6, 6.07) is 15.4. The Balaban J connectivity index is 1.26. The molecule has 0 saturated heterocycles. The van der Waals surface area contributed by atoms with Gasteiger partial charge in [0.1, 0.15) is 0 Å². The SMILES string of the molecule is CC1(C)CCC(C)(C)c2c1cc1c3cc4c(c(Br)c3n(-c3ccc(C56CC7CC8CC(C5)C6(C8)C7)cc3)c1c2Br)C(C)(C)CCC4(C)C. The standard InChI is InChI=1S/C45H53Br2N/c1-40(2)13-15-42(5,6)34-32(40)19-30-31-20-33-35(43(7,8)16-14-41(33,3)4)37(47)39(31)48(38(30)36(34)46)29-11-9-27(10-12-29)45-23-26-17-25-18-28(24-45)44(45,21-25)22-26/h9-12,19-20,25-26,28H,13-18,21-24H2,1-8H3. The number of nitrogens with zero attached hydrogens (tertiary/aromatic N) is 1. The van der Waals surface area contributed by atoms with Crippen molar-refractivity contribution in [3.8, 4) is 5.69 Å². The van der Waals surface area contributed by atoms with Crippen molar-refractivity contribution in [3.05, 3.63) is 73.2 Å². The fourth-order valence-corrected chi connectivity index (χ4v) is 15.8. The molecule has 3 bridgehead atoms. The molecule has 5 atom stereocenters. The van der Waals surface area contributed by atoms with Gasteiger partial charge in [0.2, 0.25) is 0 Å². The molecule has 4 aromatic rings. The molecular weight excluding hydrogens is 714 g/mol. The van der Waals surface area contributed by atoms with Crippen molar-refractivity contribution in [1.82, 2.24) is 4.57 Å². The van der Waals surface area contributed by atoms with E-state index in [-0.39, 0.29) is 21.7 Å². The Bertz CT molecular complexity index is 1980. The number of halogens is 2. The fourth-order valence-electron chi connectivity index (χ4n) is 13.5. The molecule has 3 heteroatoms. The molecule has 0 radical (unpaired) electrons. The Morgan fingerprint density at radius 2 is 1.08 bits per heavy atom. The quantitative estimate of drug-likeness (QED) is 0.191. The molecule has 5 unspecified atom stereocenters. The molecule has 3 aromatic carbocycles. The van der Waals surface area contributed by atoms with E-state index in [0.717, 1.165) is 17.8 Å². The Morgan fingerprint density at radius 1 is 0.583 bits per heavy atom. The van der Waals surface area contributed by atoms with Gasteiger partial charge in [-0.15, -0.1) is 0 Å². The van der Waals surface area contributed by atoms with E-state index in [1.807, 2.05) is 0 Å². The summed E-state index contributed by atoms with van der Waals surface area (Å²) in [5.74, 6) is 2.99. The Labute approximate surface area is 305 Å². The van der Waals surface area contributed by atoms with Gasteiger partial charge in [-0.2, -0.15) is 0 Å². The third kappa shape index (κ3) is 3.65. The van der Waals surface area contributed by atoms with Gasteiger partial charge < -0.3 is 4.57 Å². The molecule has 252 valence electrons. The van der Waals surface area contributed by atoms with Crippen molar-refractivity contribution in [2.24, 2.45) is 23.2 Å². The van der Waals surface area contributed by atoms with Crippen LogP contribution in [0.3, 0.4) is 0 Å². The molecule has 0 aliphatic heterocycles. The normalized spacial score (nSPS) is 34.2. The Kier molecular flexibility index (Phi) is 6.01. The van der Waals surface area contributed by atoms with E-state index in [9.17, 15) is 0 Å². The van der Waals surface area contributed by atoms with E-state index < -0.39 is 0 Å². The summed E-state index contributed by atoms with van der Waals surface area (Å²) < 4.78 is 5.26. The largest absolute Gasteiger partial charge is 0.307 e. The maximum Gasteiger partial charge on any atom is 0.0686 e. The van der Waals surface area contributed by atoms with Gasteiger partial charge in [-0.3, -0.25) is 0 Å². The number of aromatic nitrogens is 1. The molecule has 48 heavy (non-hydrogen) atoms. The molecule has 6 aliphatic carbocycles. The van der Waals surface area contributed by atoms with Gasteiger partial charge in [-0.05, 0) is 193 Å². The van der Waals surface area contributed by atoms with Gasteiger partial charge in [-0.1, -0.05) is 67.5 Å². The first-order valence-electron chi connectivity index (χ1n) is 19.2. The van der Waals surface area contributed by atoms with E-state index in [1.165, 1.54) is 123 Å². The topological polar surface area (TPSA) is 4.93 Å². The zero-order valence-electron chi connectivity index (χ0n) is 30.5. The highest BCUT2D eigenvalue weighted by Crippen LogP contribution is 2.81. The third-order valence-corrected chi connectivity index (χ3v) is 17.6. The molecular formula is C45H53Br2N. The van der Waals surface area contributed by atoms with Crippen molar-refractivity contribution in [1.29, 1.82) is 0 Å². The van der Waals surface area contributed by atoms with Crippen molar-refractivity contribution >= 4 is 53.7 Å². The molecule has 1 nitrogen and oxygen atoms in total. The lowest BCUT2D eigenvalue weighted by atomic mass is 9.44. The summed E-state index contributed by atoms with van der Waals surface area (Å²) in [6.07, 6.45) is 13.8. The minimum Gasteiger partial charge on any atom is -0.307 e. The lowest BCUT2D eigenvalue weighted by Crippen LogP contribution is -2.55. The predicted molar refractivity (Wildman–Crippen MR) is 209 cm³/mol. The first-order valence-corrected chi connectivity index (χ1v) is 20.7. The van der Waals surface area contributed by atoms with Crippen molar-refractivity contribution in [2.75, 3.05) is 0 Å². The van der Waals surface area contributed by atoms with Gasteiger partial charge >= 0.3 is 0 Å². The Morgan fingerprint density at radius 3 is 1.62 bits per heavy atom. The lowest BCUT2D eigenvalue weighted by molar-refractivity contribution is -0.0355. The van der Waals surface area contributed by atoms with Crippen LogP contribution in [0.5, 0.6) is 0 Å². The second-order valence-corrected chi connectivity index (χ2v) is 22.0. The van der Waals surface area contributed by atoms with Crippen LogP contribution in [-0.2, 0) is 27.1 Å². The van der Waals surface area contributed by atoms with Crippen LogP contribution in [0, 0.1) is 23.2 Å². The number of hydrogen-bond donors (Lipinski definition) is 0. The average molecular weight is 768 g/mol. The van der Waals surface area contributed by atoms with Crippen LogP contribution in [0.1, 0.15) is 147 Å². The van der Waals surface area contributed by atoms with E-state index >= 15 is 0 Å². The van der Waals surface area contributed by atoms with Gasteiger partial charge in [0.15, 0.2) is 0 Å². The summed E-state index contributed by atoms with van der Waals surface area (Å²) >= 11 is 8.75. The predicted octanol–water partition coefficient (Wildman–Crippen LogP) is 13.5. The molecule has 1 aromatic heterocycles. The molecule has 4 fully saturated rings. The average Bonchev–Trinajstić information content (AvgIpc) is 3.52. The zero-order valence-corrected chi connectivity index (χ0v) is 33.6. The first kappa shape index (κ1) is 31.2. The van der Waals surface area contributed by atoms with Crippen LogP contribution in [0.15, 0.2) is 45.3 Å². The highest BCUT2D eigenvalue weighted by atomic mass is 79.9. The van der Waals surface area contributed by atoms with E-state index in [2.05, 4.69) is 128 Å².